The molecule has 2 aromatic carbocycles. The van der Waals surface area contributed by atoms with Crippen LogP contribution in [0.5, 0.6) is 11.5 Å². The maximum atomic E-state index is 12.3. The second kappa shape index (κ2) is 8.16. The molecule has 138 valence electrons. The molecule has 1 aliphatic rings. The number of halogens is 2. The molecule has 1 aliphatic heterocycles. The molecule has 0 fully saturated rings. The maximum absolute atomic E-state index is 12.3. The van der Waals surface area contributed by atoms with E-state index < -0.39 is 0 Å². The minimum absolute atomic E-state index is 0.0771. The second-order valence-electron chi connectivity index (χ2n) is 6.31. The number of hydrogen-bond donors (Lipinski definition) is 1. The van der Waals surface area contributed by atoms with E-state index in [0.29, 0.717) is 16.6 Å². The molecule has 0 saturated carbocycles. The molecule has 0 saturated heterocycles. The SMILES string of the molecule is C[C@H](NC(=O)CN(C)Cc1ccc2c(c1)OCO2)c1ccc(Cl)cc1Cl. The molecular formula is C19H20Cl2N2O3. The van der Waals surface area contributed by atoms with Crippen LogP contribution in [0, 0.1) is 0 Å². The summed E-state index contributed by atoms with van der Waals surface area (Å²) in [6.45, 7) is 3.04. The van der Waals surface area contributed by atoms with E-state index in [1.807, 2.05) is 43.1 Å². The van der Waals surface area contributed by atoms with Crippen LogP contribution in [-0.2, 0) is 11.3 Å². The molecule has 7 heteroatoms. The summed E-state index contributed by atoms with van der Waals surface area (Å²) in [6, 6.07) is 10.9. The van der Waals surface area contributed by atoms with E-state index in [4.69, 9.17) is 32.7 Å². The highest BCUT2D eigenvalue weighted by molar-refractivity contribution is 6.35. The Morgan fingerprint density at radius 2 is 1.96 bits per heavy atom. The molecule has 0 aromatic heterocycles. The Morgan fingerprint density at radius 1 is 1.19 bits per heavy atom. The highest BCUT2D eigenvalue weighted by atomic mass is 35.5. The van der Waals surface area contributed by atoms with E-state index in [1.54, 1.807) is 12.1 Å². The molecule has 2 aromatic rings. The van der Waals surface area contributed by atoms with Crippen LogP contribution in [0.15, 0.2) is 36.4 Å². The molecule has 0 spiro atoms. The van der Waals surface area contributed by atoms with E-state index in [9.17, 15) is 4.79 Å². The van der Waals surface area contributed by atoms with Gasteiger partial charge in [-0.1, -0.05) is 35.3 Å². The first-order valence-corrected chi connectivity index (χ1v) is 8.99. The molecular weight excluding hydrogens is 375 g/mol. The average Bonchev–Trinajstić information content (AvgIpc) is 3.01. The van der Waals surface area contributed by atoms with Crippen molar-refractivity contribution in [3.8, 4) is 11.5 Å². The Hall–Kier alpha value is -1.95. The molecule has 0 bridgehead atoms. The fourth-order valence-electron chi connectivity index (χ4n) is 2.87. The van der Waals surface area contributed by atoms with Crippen LogP contribution in [0.3, 0.4) is 0 Å². The fourth-order valence-corrected chi connectivity index (χ4v) is 3.44. The zero-order chi connectivity index (χ0) is 18.7. The maximum Gasteiger partial charge on any atom is 0.234 e. The minimum atomic E-state index is -0.203. The Bertz CT molecular complexity index is 813. The number of carbonyl (C=O) groups is 1. The quantitative estimate of drug-likeness (QED) is 0.803. The molecule has 3 rings (SSSR count). The normalized spacial score (nSPS) is 13.7. The Morgan fingerprint density at radius 3 is 2.73 bits per heavy atom. The number of carbonyl (C=O) groups excluding carboxylic acids is 1. The minimum Gasteiger partial charge on any atom is -0.454 e. The Labute approximate surface area is 162 Å². The smallest absolute Gasteiger partial charge is 0.234 e. The van der Waals surface area contributed by atoms with Crippen LogP contribution < -0.4 is 14.8 Å². The van der Waals surface area contributed by atoms with E-state index in [0.717, 1.165) is 22.6 Å². The topological polar surface area (TPSA) is 50.8 Å². The van der Waals surface area contributed by atoms with Gasteiger partial charge in [-0.05, 0) is 49.4 Å². The van der Waals surface area contributed by atoms with Crippen LogP contribution in [0.1, 0.15) is 24.1 Å². The van der Waals surface area contributed by atoms with Gasteiger partial charge in [-0.25, -0.2) is 0 Å². The summed E-state index contributed by atoms with van der Waals surface area (Å²) in [6.07, 6.45) is 0. The van der Waals surface area contributed by atoms with Gasteiger partial charge in [-0.2, -0.15) is 0 Å². The van der Waals surface area contributed by atoms with E-state index >= 15 is 0 Å². The highest BCUT2D eigenvalue weighted by Gasteiger charge is 2.16. The lowest BCUT2D eigenvalue weighted by molar-refractivity contribution is -0.122. The summed E-state index contributed by atoms with van der Waals surface area (Å²) >= 11 is 12.1. The van der Waals surface area contributed by atoms with Crippen LogP contribution in [0.4, 0.5) is 0 Å². The van der Waals surface area contributed by atoms with Crippen LogP contribution in [-0.4, -0.2) is 31.2 Å². The van der Waals surface area contributed by atoms with E-state index in [-0.39, 0.29) is 25.3 Å². The summed E-state index contributed by atoms with van der Waals surface area (Å²) in [5.41, 5.74) is 1.89. The molecule has 0 aliphatic carbocycles. The van der Waals surface area contributed by atoms with Gasteiger partial charge in [0, 0.05) is 16.6 Å². The Kier molecular flexibility index (Phi) is 5.91. The van der Waals surface area contributed by atoms with Crippen molar-refractivity contribution < 1.29 is 14.3 Å². The fraction of sp³-hybridized carbons (Fsp3) is 0.316. The number of ether oxygens (including phenoxy) is 2. The third kappa shape index (κ3) is 4.61. The molecule has 0 radical (unpaired) electrons. The summed E-state index contributed by atoms with van der Waals surface area (Å²) in [5, 5.41) is 4.07. The molecule has 1 N–H and O–H groups in total. The lowest BCUT2D eigenvalue weighted by atomic mass is 10.1. The number of likely N-dealkylation sites (N-methyl/N-ethyl adjacent to an activating group) is 1. The molecule has 5 nitrogen and oxygen atoms in total. The molecule has 1 heterocycles. The summed E-state index contributed by atoms with van der Waals surface area (Å²) < 4.78 is 10.7. The van der Waals surface area contributed by atoms with E-state index in [1.165, 1.54) is 0 Å². The first kappa shape index (κ1) is 18.8. The zero-order valence-electron chi connectivity index (χ0n) is 14.6. The van der Waals surface area contributed by atoms with Gasteiger partial charge in [-0.15, -0.1) is 0 Å². The number of hydrogen-bond acceptors (Lipinski definition) is 4. The zero-order valence-corrected chi connectivity index (χ0v) is 16.1. The van der Waals surface area contributed by atoms with Gasteiger partial charge in [0.1, 0.15) is 0 Å². The number of fused-ring (bicyclic) bond motifs is 1. The number of amides is 1. The predicted octanol–water partition coefficient (Wildman–Crippen LogP) is 4.03. The van der Waals surface area contributed by atoms with Crippen LogP contribution in [0.2, 0.25) is 10.0 Å². The van der Waals surface area contributed by atoms with Crippen molar-refractivity contribution in [2.75, 3.05) is 20.4 Å². The molecule has 0 unspecified atom stereocenters. The van der Waals surface area contributed by atoms with Crippen molar-refractivity contribution in [2.45, 2.75) is 19.5 Å². The molecule has 1 amide bonds. The van der Waals surface area contributed by atoms with Gasteiger partial charge in [0.2, 0.25) is 12.7 Å². The van der Waals surface area contributed by atoms with Gasteiger partial charge < -0.3 is 14.8 Å². The van der Waals surface area contributed by atoms with Gasteiger partial charge in [0.05, 0.1) is 12.6 Å². The lowest BCUT2D eigenvalue weighted by Crippen LogP contribution is -2.36. The Balaban J connectivity index is 1.54. The van der Waals surface area contributed by atoms with Crippen molar-refractivity contribution in [2.24, 2.45) is 0 Å². The van der Waals surface area contributed by atoms with Crippen molar-refractivity contribution >= 4 is 29.1 Å². The highest BCUT2D eigenvalue weighted by Crippen LogP contribution is 2.32. The van der Waals surface area contributed by atoms with Crippen molar-refractivity contribution in [1.29, 1.82) is 0 Å². The monoisotopic (exact) mass is 394 g/mol. The number of nitrogens with zero attached hydrogens (tertiary/aromatic N) is 1. The third-order valence-corrected chi connectivity index (χ3v) is 4.67. The average molecular weight is 395 g/mol. The first-order chi connectivity index (χ1) is 12.4. The second-order valence-corrected chi connectivity index (χ2v) is 7.16. The van der Waals surface area contributed by atoms with Gasteiger partial charge >= 0.3 is 0 Å². The number of rotatable bonds is 6. The standard InChI is InChI=1S/C19H20Cl2N2O3/c1-12(15-5-4-14(20)8-16(15)21)22-19(24)10-23(2)9-13-3-6-17-18(7-13)26-11-25-17/h3-8,12H,9-11H2,1-2H3,(H,22,24)/t12-/m0/s1. The summed E-state index contributed by atoms with van der Waals surface area (Å²) in [4.78, 5) is 14.3. The van der Waals surface area contributed by atoms with E-state index in [2.05, 4.69) is 5.32 Å². The van der Waals surface area contributed by atoms with Crippen LogP contribution in [0.25, 0.3) is 0 Å². The van der Waals surface area contributed by atoms with Gasteiger partial charge in [-0.3, -0.25) is 9.69 Å². The molecule has 26 heavy (non-hydrogen) atoms. The predicted molar refractivity (Wildman–Crippen MR) is 102 cm³/mol. The van der Waals surface area contributed by atoms with Crippen molar-refractivity contribution in [3.05, 3.63) is 57.6 Å². The van der Waals surface area contributed by atoms with Gasteiger partial charge in [0.25, 0.3) is 0 Å². The van der Waals surface area contributed by atoms with Crippen molar-refractivity contribution in [3.63, 3.8) is 0 Å². The van der Waals surface area contributed by atoms with Crippen molar-refractivity contribution in [1.82, 2.24) is 10.2 Å². The lowest BCUT2D eigenvalue weighted by Gasteiger charge is -2.20. The number of benzene rings is 2. The number of nitrogens with one attached hydrogen (secondary N) is 1. The van der Waals surface area contributed by atoms with Crippen LogP contribution >= 0.6 is 23.2 Å². The largest absolute Gasteiger partial charge is 0.454 e. The summed E-state index contributed by atoms with van der Waals surface area (Å²) in [5.74, 6) is 1.42. The summed E-state index contributed by atoms with van der Waals surface area (Å²) in [7, 11) is 1.89. The van der Waals surface area contributed by atoms with Gasteiger partial charge in [0.15, 0.2) is 11.5 Å². The molecule has 1 atom stereocenters. The third-order valence-electron chi connectivity index (χ3n) is 4.11. The first-order valence-electron chi connectivity index (χ1n) is 8.24.